The molecule has 13 heteroatoms. The number of nitrogens with one attached hydrogen (secondary N) is 1. The Bertz CT molecular complexity index is 1090. The summed E-state index contributed by atoms with van der Waals surface area (Å²) in [6, 6.07) is 8.45. The SMILES string of the molecule is CN(C)S(=O)(=O)c1ccccc1CNC(=O)c1cc(OCC(F)(F)F)ccc1[N+](=O)[O-]. The number of sulfonamides is 1. The van der Waals surface area contributed by atoms with Crippen LogP contribution in [0.4, 0.5) is 18.9 Å². The second kappa shape index (κ2) is 9.31. The van der Waals surface area contributed by atoms with Gasteiger partial charge in [0.05, 0.1) is 9.82 Å². The van der Waals surface area contributed by atoms with Gasteiger partial charge in [-0.05, 0) is 23.8 Å². The molecule has 2 rings (SSSR count). The third kappa shape index (κ3) is 6.15. The van der Waals surface area contributed by atoms with Gasteiger partial charge in [0.25, 0.3) is 11.6 Å². The Hall–Kier alpha value is -3.19. The summed E-state index contributed by atoms with van der Waals surface area (Å²) in [6.07, 6.45) is -4.63. The summed E-state index contributed by atoms with van der Waals surface area (Å²) in [5.41, 5.74) is -0.958. The third-order valence-electron chi connectivity index (χ3n) is 3.98. The summed E-state index contributed by atoms with van der Waals surface area (Å²) in [4.78, 5) is 22.8. The van der Waals surface area contributed by atoms with E-state index in [1.54, 1.807) is 6.07 Å². The second-order valence-corrected chi connectivity index (χ2v) is 8.54. The van der Waals surface area contributed by atoms with Crippen LogP contribution < -0.4 is 10.1 Å². The zero-order valence-electron chi connectivity index (χ0n) is 16.3. The molecule has 31 heavy (non-hydrogen) atoms. The van der Waals surface area contributed by atoms with E-state index >= 15 is 0 Å². The molecule has 0 heterocycles. The second-order valence-electron chi connectivity index (χ2n) is 6.42. The smallest absolute Gasteiger partial charge is 0.422 e. The lowest BCUT2D eigenvalue weighted by molar-refractivity contribution is -0.385. The van der Waals surface area contributed by atoms with Crippen LogP contribution in [0.2, 0.25) is 0 Å². The van der Waals surface area contributed by atoms with Crippen LogP contribution in [0.15, 0.2) is 47.4 Å². The third-order valence-corrected chi connectivity index (χ3v) is 5.90. The predicted octanol–water partition coefficient (Wildman–Crippen LogP) is 2.72. The highest BCUT2D eigenvalue weighted by atomic mass is 32.2. The fraction of sp³-hybridized carbons (Fsp3) is 0.278. The van der Waals surface area contributed by atoms with E-state index in [0.29, 0.717) is 0 Å². The van der Waals surface area contributed by atoms with Gasteiger partial charge < -0.3 is 10.1 Å². The molecule has 0 saturated heterocycles. The number of benzene rings is 2. The first-order valence-electron chi connectivity index (χ1n) is 8.59. The summed E-state index contributed by atoms with van der Waals surface area (Å²) in [7, 11) is -1.15. The number of nitro groups is 1. The van der Waals surface area contributed by atoms with E-state index in [2.05, 4.69) is 10.1 Å². The first-order valence-corrected chi connectivity index (χ1v) is 10.0. The molecular formula is C18H18F3N3O6S. The standard InChI is InChI=1S/C18H18F3N3O6S/c1-23(2)31(28,29)16-6-4-3-5-12(16)10-22-17(25)14-9-13(30-11-18(19,20)21)7-8-15(14)24(26)27/h3-9H,10-11H2,1-2H3,(H,22,25). The summed E-state index contributed by atoms with van der Waals surface area (Å²) < 4.78 is 67.4. The van der Waals surface area contributed by atoms with Gasteiger partial charge in [0.15, 0.2) is 6.61 Å². The van der Waals surface area contributed by atoms with Crippen molar-refractivity contribution in [3.8, 4) is 5.75 Å². The van der Waals surface area contributed by atoms with E-state index in [0.717, 1.165) is 22.5 Å². The first kappa shape index (κ1) is 24.1. The number of hydrogen-bond donors (Lipinski definition) is 1. The number of nitro benzene ring substituents is 1. The predicted molar refractivity (Wildman–Crippen MR) is 103 cm³/mol. The van der Waals surface area contributed by atoms with Crippen molar-refractivity contribution in [2.75, 3.05) is 20.7 Å². The number of hydrogen-bond acceptors (Lipinski definition) is 6. The molecule has 1 amide bonds. The number of alkyl halides is 3. The fourth-order valence-electron chi connectivity index (χ4n) is 2.48. The molecule has 1 N–H and O–H groups in total. The number of rotatable bonds is 8. The molecule has 0 aliphatic carbocycles. The lowest BCUT2D eigenvalue weighted by Crippen LogP contribution is -2.27. The molecule has 0 atom stereocenters. The van der Waals surface area contributed by atoms with Gasteiger partial charge in [-0.3, -0.25) is 14.9 Å². The molecule has 0 aliphatic rings. The molecule has 168 valence electrons. The number of amides is 1. The molecular weight excluding hydrogens is 443 g/mol. The van der Waals surface area contributed by atoms with E-state index in [4.69, 9.17) is 0 Å². The van der Waals surface area contributed by atoms with E-state index in [9.17, 15) is 36.5 Å². The maximum atomic E-state index is 12.5. The van der Waals surface area contributed by atoms with Crippen molar-refractivity contribution < 1.29 is 36.0 Å². The Morgan fingerprint density at radius 2 is 1.84 bits per heavy atom. The van der Waals surface area contributed by atoms with Gasteiger partial charge in [-0.15, -0.1) is 0 Å². The van der Waals surface area contributed by atoms with Crippen molar-refractivity contribution in [2.24, 2.45) is 0 Å². The number of carbonyl (C=O) groups is 1. The molecule has 0 spiro atoms. The molecule has 0 radical (unpaired) electrons. The molecule has 2 aromatic carbocycles. The fourth-order valence-corrected chi connectivity index (χ4v) is 3.60. The maximum Gasteiger partial charge on any atom is 0.422 e. The van der Waals surface area contributed by atoms with Crippen molar-refractivity contribution in [1.29, 1.82) is 0 Å². The highest BCUT2D eigenvalue weighted by Gasteiger charge is 2.29. The van der Waals surface area contributed by atoms with Crippen LogP contribution in [-0.4, -0.2) is 50.4 Å². The molecule has 0 aliphatic heterocycles. The summed E-state index contributed by atoms with van der Waals surface area (Å²) in [5.74, 6) is -1.37. The number of carbonyl (C=O) groups excluding carboxylic acids is 1. The van der Waals surface area contributed by atoms with E-state index in [1.165, 1.54) is 32.3 Å². The van der Waals surface area contributed by atoms with Gasteiger partial charge in [-0.2, -0.15) is 13.2 Å². The Balaban J connectivity index is 2.29. The van der Waals surface area contributed by atoms with Crippen LogP contribution in [0, 0.1) is 10.1 Å². The zero-order chi connectivity index (χ0) is 23.4. The Morgan fingerprint density at radius 3 is 2.42 bits per heavy atom. The van der Waals surface area contributed by atoms with Gasteiger partial charge in [0.1, 0.15) is 11.3 Å². The van der Waals surface area contributed by atoms with Gasteiger partial charge in [-0.25, -0.2) is 12.7 Å². The van der Waals surface area contributed by atoms with Gasteiger partial charge in [0, 0.05) is 26.7 Å². The Kier molecular flexibility index (Phi) is 7.23. The van der Waals surface area contributed by atoms with Crippen LogP contribution >= 0.6 is 0 Å². The summed E-state index contributed by atoms with van der Waals surface area (Å²) >= 11 is 0. The minimum atomic E-state index is -4.63. The van der Waals surface area contributed by atoms with Crippen molar-refractivity contribution in [2.45, 2.75) is 17.6 Å². The van der Waals surface area contributed by atoms with Crippen molar-refractivity contribution in [1.82, 2.24) is 9.62 Å². The maximum absolute atomic E-state index is 12.5. The van der Waals surface area contributed by atoms with Crippen molar-refractivity contribution >= 4 is 21.6 Å². The zero-order valence-corrected chi connectivity index (χ0v) is 17.2. The highest BCUT2D eigenvalue weighted by Crippen LogP contribution is 2.26. The first-order chi connectivity index (χ1) is 14.3. The number of ether oxygens (including phenoxy) is 1. The van der Waals surface area contributed by atoms with E-state index in [1.807, 2.05) is 0 Å². The molecule has 9 nitrogen and oxygen atoms in total. The molecule has 0 aromatic heterocycles. The number of nitrogens with zero attached hydrogens (tertiary/aromatic N) is 2. The van der Waals surface area contributed by atoms with Crippen molar-refractivity contribution in [3.63, 3.8) is 0 Å². The average Bonchev–Trinajstić information content (AvgIpc) is 2.69. The largest absolute Gasteiger partial charge is 0.484 e. The normalized spacial score (nSPS) is 11.9. The van der Waals surface area contributed by atoms with Crippen LogP contribution in [0.1, 0.15) is 15.9 Å². The molecule has 0 unspecified atom stereocenters. The quantitative estimate of drug-likeness (QED) is 0.477. The van der Waals surface area contributed by atoms with Gasteiger partial charge in [-0.1, -0.05) is 18.2 Å². The summed E-state index contributed by atoms with van der Waals surface area (Å²) in [6.45, 7) is -1.94. The Labute approximate surface area is 175 Å². The van der Waals surface area contributed by atoms with Crippen LogP contribution in [-0.2, 0) is 16.6 Å². The van der Waals surface area contributed by atoms with Crippen LogP contribution in [0.25, 0.3) is 0 Å². The Morgan fingerprint density at radius 1 is 1.19 bits per heavy atom. The number of halogens is 3. The van der Waals surface area contributed by atoms with E-state index < -0.39 is 44.9 Å². The monoisotopic (exact) mass is 461 g/mol. The molecule has 0 bridgehead atoms. The lowest BCUT2D eigenvalue weighted by Gasteiger charge is -2.15. The topological polar surface area (TPSA) is 119 Å². The average molecular weight is 461 g/mol. The minimum Gasteiger partial charge on any atom is -0.484 e. The van der Waals surface area contributed by atoms with Gasteiger partial charge in [0.2, 0.25) is 10.0 Å². The van der Waals surface area contributed by atoms with Crippen LogP contribution in [0.3, 0.4) is 0 Å². The van der Waals surface area contributed by atoms with Crippen LogP contribution in [0.5, 0.6) is 5.75 Å². The molecule has 0 fully saturated rings. The summed E-state index contributed by atoms with van der Waals surface area (Å²) in [5, 5.41) is 13.6. The van der Waals surface area contributed by atoms with Crippen molar-refractivity contribution in [3.05, 3.63) is 63.7 Å². The lowest BCUT2D eigenvalue weighted by atomic mass is 10.1. The van der Waals surface area contributed by atoms with E-state index in [-0.39, 0.29) is 22.8 Å². The van der Waals surface area contributed by atoms with Gasteiger partial charge >= 0.3 is 6.18 Å². The minimum absolute atomic E-state index is 0.0722. The highest BCUT2D eigenvalue weighted by molar-refractivity contribution is 7.89. The molecule has 0 saturated carbocycles. The molecule has 2 aromatic rings.